The SMILES string of the molecule is Nc1n(CC[NH+]2CCCCC2)c2ccccc2[n+]1C[C@@H](O)c1ccc2c(c1)OCO2. The molecule has 0 unspecified atom stereocenters. The van der Waals surface area contributed by atoms with E-state index in [0.29, 0.717) is 18.2 Å². The third-order valence-corrected chi connectivity index (χ3v) is 6.40. The van der Waals surface area contributed by atoms with Crippen LogP contribution in [0.2, 0.25) is 0 Å². The molecule has 1 saturated heterocycles. The number of quaternary nitrogens is 1. The van der Waals surface area contributed by atoms with Gasteiger partial charge in [0.1, 0.15) is 36.8 Å². The summed E-state index contributed by atoms with van der Waals surface area (Å²) in [5, 5.41) is 10.9. The minimum atomic E-state index is -0.696. The first-order valence-corrected chi connectivity index (χ1v) is 10.9. The normalized spacial score (nSPS) is 17.5. The maximum atomic E-state index is 10.9. The number of aliphatic hydroxyl groups is 1. The number of benzene rings is 2. The quantitative estimate of drug-likeness (QED) is 0.531. The van der Waals surface area contributed by atoms with Gasteiger partial charge in [-0.15, -0.1) is 0 Å². The lowest BCUT2D eigenvalue weighted by atomic mass is 10.1. The lowest BCUT2D eigenvalue weighted by Gasteiger charge is -2.22. The predicted molar refractivity (Wildman–Crippen MR) is 113 cm³/mol. The summed E-state index contributed by atoms with van der Waals surface area (Å²) in [6.07, 6.45) is 3.30. The van der Waals surface area contributed by atoms with Crippen molar-refractivity contribution < 1.29 is 24.0 Å². The summed E-state index contributed by atoms with van der Waals surface area (Å²) >= 11 is 0. The van der Waals surface area contributed by atoms with Gasteiger partial charge >= 0.3 is 5.95 Å². The third kappa shape index (κ3) is 3.59. The summed E-state index contributed by atoms with van der Waals surface area (Å²) in [4.78, 5) is 1.66. The molecule has 158 valence electrons. The van der Waals surface area contributed by atoms with Crippen LogP contribution in [0.25, 0.3) is 11.0 Å². The van der Waals surface area contributed by atoms with Gasteiger partial charge in [0.15, 0.2) is 11.5 Å². The molecule has 2 aromatic carbocycles. The number of rotatable bonds is 6. The Morgan fingerprint density at radius 1 is 1.07 bits per heavy atom. The predicted octanol–water partition coefficient (Wildman–Crippen LogP) is 1.04. The number of nitrogens with one attached hydrogen (secondary N) is 1. The monoisotopic (exact) mass is 410 g/mol. The van der Waals surface area contributed by atoms with Crippen LogP contribution in [0.3, 0.4) is 0 Å². The Morgan fingerprint density at radius 3 is 2.73 bits per heavy atom. The van der Waals surface area contributed by atoms with Gasteiger partial charge in [-0.3, -0.25) is 5.73 Å². The van der Waals surface area contributed by atoms with Gasteiger partial charge in [-0.05, 0) is 49.1 Å². The van der Waals surface area contributed by atoms with Crippen LogP contribution in [0.5, 0.6) is 11.5 Å². The minimum Gasteiger partial charge on any atom is -0.454 e. The number of hydrogen-bond donors (Lipinski definition) is 3. The molecule has 5 rings (SSSR count). The minimum absolute atomic E-state index is 0.225. The van der Waals surface area contributed by atoms with Crippen molar-refractivity contribution in [2.75, 3.05) is 32.2 Å². The zero-order chi connectivity index (χ0) is 20.5. The van der Waals surface area contributed by atoms with Gasteiger partial charge in [0.05, 0.1) is 13.1 Å². The molecule has 2 aliphatic rings. The van der Waals surface area contributed by atoms with Crippen molar-refractivity contribution >= 4 is 17.0 Å². The fraction of sp³-hybridized carbons (Fsp3) is 0.435. The van der Waals surface area contributed by atoms with E-state index in [-0.39, 0.29) is 6.79 Å². The second kappa shape index (κ2) is 8.16. The van der Waals surface area contributed by atoms with E-state index < -0.39 is 6.10 Å². The third-order valence-electron chi connectivity index (χ3n) is 6.40. The molecular formula is C23H30N4O3+2. The number of ether oxygens (including phenoxy) is 2. The highest BCUT2D eigenvalue weighted by molar-refractivity contribution is 5.73. The number of anilines is 1. The number of piperidine rings is 1. The average Bonchev–Trinajstić information content (AvgIpc) is 3.35. The molecule has 0 saturated carbocycles. The highest BCUT2D eigenvalue weighted by atomic mass is 16.7. The van der Waals surface area contributed by atoms with E-state index >= 15 is 0 Å². The highest BCUT2D eigenvalue weighted by Gasteiger charge is 2.25. The van der Waals surface area contributed by atoms with E-state index in [2.05, 4.69) is 16.7 Å². The maximum Gasteiger partial charge on any atom is 0.356 e. The molecule has 30 heavy (non-hydrogen) atoms. The summed E-state index contributed by atoms with van der Waals surface area (Å²) < 4.78 is 15.1. The molecule has 4 N–H and O–H groups in total. The number of nitrogens with zero attached hydrogens (tertiary/aromatic N) is 2. The van der Waals surface area contributed by atoms with E-state index in [4.69, 9.17) is 15.2 Å². The number of likely N-dealkylation sites (tertiary alicyclic amines) is 1. The van der Waals surface area contributed by atoms with E-state index in [0.717, 1.165) is 35.4 Å². The number of nitrogen functional groups attached to an aromatic ring is 1. The van der Waals surface area contributed by atoms with Crippen molar-refractivity contribution in [1.29, 1.82) is 0 Å². The molecule has 7 nitrogen and oxygen atoms in total. The maximum absolute atomic E-state index is 10.9. The Morgan fingerprint density at radius 2 is 1.87 bits per heavy atom. The number of imidazole rings is 1. The summed E-state index contributed by atoms with van der Waals surface area (Å²) in [7, 11) is 0. The van der Waals surface area contributed by atoms with E-state index in [1.54, 1.807) is 4.90 Å². The summed E-state index contributed by atoms with van der Waals surface area (Å²) in [6.45, 7) is 5.07. The van der Waals surface area contributed by atoms with Crippen molar-refractivity contribution in [3.8, 4) is 11.5 Å². The topological polar surface area (TPSA) is 78.0 Å². The highest BCUT2D eigenvalue weighted by Crippen LogP contribution is 2.34. The van der Waals surface area contributed by atoms with Crippen molar-refractivity contribution in [1.82, 2.24) is 4.57 Å². The van der Waals surface area contributed by atoms with Crippen molar-refractivity contribution in [3.63, 3.8) is 0 Å². The van der Waals surface area contributed by atoms with Gasteiger partial charge in [-0.1, -0.05) is 18.2 Å². The van der Waals surface area contributed by atoms with Crippen LogP contribution >= 0.6 is 0 Å². The molecule has 0 spiro atoms. The molecule has 0 radical (unpaired) electrons. The van der Waals surface area contributed by atoms with Crippen LogP contribution < -0.4 is 24.7 Å². The van der Waals surface area contributed by atoms with Crippen LogP contribution in [0.4, 0.5) is 5.95 Å². The van der Waals surface area contributed by atoms with Gasteiger partial charge in [-0.2, -0.15) is 0 Å². The number of nitrogens with two attached hydrogens (primary N) is 1. The lowest BCUT2D eigenvalue weighted by molar-refractivity contribution is -0.905. The van der Waals surface area contributed by atoms with Gasteiger partial charge in [0.2, 0.25) is 6.79 Å². The van der Waals surface area contributed by atoms with Gasteiger partial charge < -0.3 is 19.5 Å². The van der Waals surface area contributed by atoms with Crippen LogP contribution in [0, 0.1) is 0 Å². The molecule has 1 aromatic heterocycles. The first kappa shape index (κ1) is 19.2. The number of aliphatic hydroxyl groups excluding tert-OH is 1. The fourth-order valence-electron chi connectivity index (χ4n) is 4.71. The van der Waals surface area contributed by atoms with Crippen molar-refractivity contribution in [3.05, 3.63) is 48.0 Å². The Balaban J connectivity index is 1.40. The zero-order valence-corrected chi connectivity index (χ0v) is 17.2. The Labute approximate surface area is 176 Å². The second-order valence-electron chi connectivity index (χ2n) is 8.30. The Hall–Kier alpha value is -2.77. The average molecular weight is 411 g/mol. The molecule has 3 aromatic rings. The fourth-order valence-corrected chi connectivity index (χ4v) is 4.71. The van der Waals surface area contributed by atoms with Crippen LogP contribution in [-0.4, -0.2) is 36.1 Å². The van der Waals surface area contributed by atoms with Crippen molar-refractivity contribution in [2.45, 2.75) is 38.5 Å². The molecular weight excluding hydrogens is 380 g/mol. The number of aromatic nitrogens is 2. The molecule has 1 fully saturated rings. The first-order valence-electron chi connectivity index (χ1n) is 10.9. The first-order chi connectivity index (χ1) is 14.7. The summed E-state index contributed by atoms with van der Waals surface area (Å²) in [5.74, 6) is 2.08. The molecule has 3 heterocycles. The van der Waals surface area contributed by atoms with Crippen LogP contribution in [0.1, 0.15) is 30.9 Å². The summed E-state index contributed by atoms with van der Waals surface area (Å²) in [5.41, 5.74) is 9.56. The smallest absolute Gasteiger partial charge is 0.356 e. The molecule has 0 aliphatic carbocycles. The Bertz CT molecular complexity index is 1040. The molecule has 7 heteroatoms. The van der Waals surface area contributed by atoms with E-state index in [1.165, 1.54) is 32.4 Å². The lowest BCUT2D eigenvalue weighted by Crippen LogP contribution is -3.13. The van der Waals surface area contributed by atoms with Gasteiger partial charge in [-0.25, -0.2) is 9.13 Å². The number of fused-ring (bicyclic) bond motifs is 2. The zero-order valence-electron chi connectivity index (χ0n) is 17.2. The van der Waals surface area contributed by atoms with Crippen molar-refractivity contribution in [2.24, 2.45) is 0 Å². The Kier molecular flexibility index (Phi) is 5.23. The molecule has 0 amide bonds. The van der Waals surface area contributed by atoms with Gasteiger partial charge in [0.25, 0.3) is 0 Å². The number of hydrogen-bond acceptors (Lipinski definition) is 4. The number of para-hydroxylation sites is 2. The molecule has 2 aliphatic heterocycles. The molecule has 1 atom stereocenters. The van der Waals surface area contributed by atoms with Gasteiger partial charge in [0, 0.05) is 0 Å². The van der Waals surface area contributed by atoms with Crippen LogP contribution in [-0.2, 0) is 13.1 Å². The summed E-state index contributed by atoms with van der Waals surface area (Å²) in [6, 6.07) is 13.8. The second-order valence-corrected chi connectivity index (χ2v) is 8.30. The largest absolute Gasteiger partial charge is 0.454 e. The van der Waals surface area contributed by atoms with E-state index in [9.17, 15) is 5.11 Å². The van der Waals surface area contributed by atoms with Crippen LogP contribution in [0.15, 0.2) is 42.5 Å². The van der Waals surface area contributed by atoms with E-state index in [1.807, 2.05) is 34.9 Å². The molecule has 0 bridgehead atoms. The standard InChI is InChI=1S/C23H28N4O3/c24-23-26(13-12-25-10-4-1-5-11-25)18-6-2-3-7-19(18)27(23)15-20(28)17-8-9-21-22(14-17)30-16-29-21/h2-3,6-9,14,20,24,28H,1,4-5,10-13,15-16H2/p+2/t20-/m1/s1.